The molecule has 2 rings (SSSR count). The summed E-state index contributed by atoms with van der Waals surface area (Å²) in [5.41, 5.74) is 2.21. The minimum absolute atomic E-state index is 0.326. The van der Waals surface area contributed by atoms with E-state index in [1.54, 1.807) is 25.8 Å². The molecular formula is C18H22N2O3S. The van der Waals surface area contributed by atoms with Gasteiger partial charge in [-0.25, -0.2) is 9.79 Å². The van der Waals surface area contributed by atoms with Gasteiger partial charge in [0.15, 0.2) is 5.17 Å². The van der Waals surface area contributed by atoms with Gasteiger partial charge in [0.25, 0.3) is 0 Å². The number of carbonyl (C=O) groups excluding carboxylic acids is 1. The molecule has 0 fully saturated rings. The molecule has 1 heterocycles. The second-order valence-corrected chi connectivity index (χ2v) is 6.10. The van der Waals surface area contributed by atoms with Crippen molar-refractivity contribution in [3.8, 4) is 5.75 Å². The summed E-state index contributed by atoms with van der Waals surface area (Å²) in [6, 6.07) is 7.16. The maximum atomic E-state index is 12.4. The lowest BCUT2D eigenvalue weighted by atomic mass is 9.96. The van der Waals surface area contributed by atoms with Gasteiger partial charge in [-0.2, -0.15) is 0 Å². The molecule has 5 nitrogen and oxygen atoms in total. The van der Waals surface area contributed by atoms with Crippen molar-refractivity contribution >= 4 is 22.9 Å². The first kappa shape index (κ1) is 18.1. The van der Waals surface area contributed by atoms with Crippen LogP contribution >= 0.6 is 11.8 Å². The van der Waals surface area contributed by atoms with Crippen LogP contribution in [0, 0.1) is 0 Å². The van der Waals surface area contributed by atoms with Crippen LogP contribution in [-0.4, -0.2) is 30.6 Å². The average Bonchev–Trinajstić information content (AvgIpc) is 2.59. The Morgan fingerprint density at radius 3 is 2.71 bits per heavy atom. The molecule has 0 saturated heterocycles. The van der Waals surface area contributed by atoms with Crippen molar-refractivity contribution in [1.82, 2.24) is 5.32 Å². The lowest BCUT2D eigenvalue weighted by Gasteiger charge is -2.25. The number of aliphatic imine (C=N–C) groups is 1. The van der Waals surface area contributed by atoms with Crippen LogP contribution in [0.5, 0.6) is 5.75 Å². The number of hydrogen-bond donors (Lipinski definition) is 1. The Kier molecular flexibility index (Phi) is 6.49. The molecule has 1 aromatic rings. The molecule has 1 atom stereocenters. The minimum atomic E-state index is -0.400. The molecule has 0 aromatic heterocycles. The average molecular weight is 346 g/mol. The van der Waals surface area contributed by atoms with E-state index in [2.05, 4.69) is 11.9 Å². The zero-order chi connectivity index (χ0) is 17.5. The summed E-state index contributed by atoms with van der Waals surface area (Å²) < 4.78 is 10.4. The number of rotatable bonds is 6. The van der Waals surface area contributed by atoms with Gasteiger partial charge in [-0.3, -0.25) is 0 Å². The van der Waals surface area contributed by atoms with Crippen LogP contribution in [0.1, 0.15) is 25.5 Å². The quantitative estimate of drug-likeness (QED) is 0.631. The fourth-order valence-electron chi connectivity index (χ4n) is 2.36. The van der Waals surface area contributed by atoms with E-state index in [0.717, 1.165) is 27.9 Å². The molecule has 0 radical (unpaired) electrons. The highest BCUT2D eigenvalue weighted by Crippen LogP contribution is 2.33. The largest absolute Gasteiger partial charge is 0.497 e. The summed E-state index contributed by atoms with van der Waals surface area (Å²) in [7, 11) is 1.62. The number of nitrogens with zero attached hydrogens (tertiary/aromatic N) is 1. The predicted octanol–water partition coefficient (Wildman–Crippen LogP) is 3.45. The Hall–Kier alpha value is -2.21. The fourth-order valence-corrected chi connectivity index (χ4v) is 3.04. The maximum absolute atomic E-state index is 12.4. The molecule has 0 amide bonds. The van der Waals surface area contributed by atoms with Crippen molar-refractivity contribution in [1.29, 1.82) is 0 Å². The number of benzene rings is 1. The topological polar surface area (TPSA) is 59.9 Å². The third kappa shape index (κ3) is 4.20. The molecule has 0 spiro atoms. The zero-order valence-electron chi connectivity index (χ0n) is 14.2. The third-order valence-electron chi connectivity index (χ3n) is 3.48. The van der Waals surface area contributed by atoms with E-state index in [1.165, 1.54) is 0 Å². The molecule has 24 heavy (non-hydrogen) atoms. The van der Waals surface area contributed by atoms with Gasteiger partial charge in [-0.1, -0.05) is 30.0 Å². The fraction of sp³-hybridized carbons (Fsp3) is 0.333. The number of nitrogens with one attached hydrogen (secondary N) is 1. The van der Waals surface area contributed by atoms with Gasteiger partial charge in [0, 0.05) is 11.4 Å². The molecular weight excluding hydrogens is 324 g/mol. The van der Waals surface area contributed by atoms with E-state index in [0.29, 0.717) is 12.2 Å². The van der Waals surface area contributed by atoms with Gasteiger partial charge in [-0.15, -0.1) is 6.58 Å². The first-order valence-corrected chi connectivity index (χ1v) is 8.69. The monoisotopic (exact) mass is 346 g/mol. The zero-order valence-corrected chi connectivity index (χ0v) is 15.0. The molecule has 128 valence electrons. The van der Waals surface area contributed by atoms with Gasteiger partial charge in [0.1, 0.15) is 11.8 Å². The predicted molar refractivity (Wildman–Crippen MR) is 98.3 cm³/mol. The molecule has 1 aromatic carbocycles. The van der Waals surface area contributed by atoms with Crippen molar-refractivity contribution in [3.63, 3.8) is 0 Å². The van der Waals surface area contributed by atoms with Gasteiger partial charge >= 0.3 is 5.97 Å². The minimum Gasteiger partial charge on any atom is -0.497 e. The van der Waals surface area contributed by atoms with Crippen molar-refractivity contribution in [2.24, 2.45) is 4.99 Å². The third-order valence-corrected chi connectivity index (χ3v) is 4.37. The lowest BCUT2D eigenvalue weighted by Crippen LogP contribution is -2.30. The molecule has 0 bridgehead atoms. The number of ether oxygens (including phenoxy) is 2. The number of allylic oxidation sites excluding steroid dienone is 1. The van der Waals surface area contributed by atoms with Crippen LogP contribution in [0.15, 0.2) is 53.2 Å². The van der Waals surface area contributed by atoms with E-state index < -0.39 is 6.04 Å². The number of methoxy groups -OCH3 is 1. The number of esters is 1. The van der Waals surface area contributed by atoms with Crippen LogP contribution in [-0.2, 0) is 9.53 Å². The van der Waals surface area contributed by atoms with Gasteiger partial charge in [0.2, 0.25) is 0 Å². The molecule has 0 aliphatic carbocycles. The summed E-state index contributed by atoms with van der Waals surface area (Å²) in [5.74, 6) is 1.15. The Morgan fingerprint density at radius 1 is 1.42 bits per heavy atom. The second-order valence-electron chi connectivity index (χ2n) is 5.09. The SMILES string of the molecule is C=CCSC1=N[C@@H](c2ccc(OC)cc2)C(C(=O)OCC)=C(C)N1. The second kappa shape index (κ2) is 8.59. The normalized spacial score (nSPS) is 17.0. The Bertz CT molecular complexity index is 665. The van der Waals surface area contributed by atoms with Crippen molar-refractivity contribution < 1.29 is 14.3 Å². The van der Waals surface area contributed by atoms with E-state index >= 15 is 0 Å². The first-order chi connectivity index (χ1) is 11.6. The van der Waals surface area contributed by atoms with Crippen LogP contribution in [0.2, 0.25) is 0 Å². The van der Waals surface area contributed by atoms with Gasteiger partial charge in [0.05, 0.1) is 19.3 Å². The summed E-state index contributed by atoms with van der Waals surface area (Å²) in [4.78, 5) is 17.1. The van der Waals surface area contributed by atoms with E-state index in [1.807, 2.05) is 37.3 Å². The van der Waals surface area contributed by atoms with Gasteiger partial charge < -0.3 is 14.8 Å². The van der Waals surface area contributed by atoms with E-state index in [9.17, 15) is 4.79 Å². The number of amidine groups is 1. The molecule has 0 unspecified atom stereocenters. The molecule has 0 saturated carbocycles. The highest BCUT2D eigenvalue weighted by molar-refractivity contribution is 8.13. The van der Waals surface area contributed by atoms with Crippen molar-refractivity contribution in [2.45, 2.75) is 19.9 Å². The van der Waals surface area contributed by atoms with Crippen molar-refractivity contribution in [3.05, 3.63) is 53.8 Å². The van der Waals surface area contributed by atoms with Crippen LogP contribution in [0.3, 0.4) is 0 Å². The van der Waals surface area contributed by atoms with Crippen molar-refractivity contribution in [2.75, 3.05) is 19.5 Å². The van der Waals surface area contributed by atoms with Crippen LogP contribution in [0.25, 0.3) is 0 Å². The highest BCUT2D eigenvalue weighted by Gasteiger charge is 2.30. The smallest absolute Gasteiger partial charge is 0.338 e. The highest BCUT2D eigenvalue weighted by atomic mass is 32.2. The Morgan fingerprint density at radius 2 is 2.12 bits per heavy atom. The summed E-state index contributed by atoms with van der Waals surface area (Å²) in [6.07, 6.45) is 1.82. The summed E-state index contributed by atoms with van der Waals surface area (Å²) in [6.45, 7) is 7.71. The summed E-state index contributed by atoms with van der Waals surface area (Å²) >= 11 is 1.54. The number of thioether (sulfide) groups is 1. The Labute approximate surface area is 146 Å². The Balaban J connectivity index is 2.39. The lowest BCUT2D eigenvalue weighted by molar-refractivity contribution is -0.138. The summed E-state index contributed by atoms with van der Waals surface area (Å²) in [5, 5.41) is 3.95. The first-order valence-electron chi connectivity index (χ1n) is 7.71. The van der Waals surface area contributed by atoms with Crippen LogP contribution in [0.4, 0.5) is 0 Å². The van der Waals surface area contributed by atoms with Gasteiger partial charge in [-0.05, 0) is 31.5 Å². The molecule has 6 heteroatoms. The van der Waals surface area contributed by atoms with Crippen LogP contribution < -0.4 is 10.1 Å². The molecule has 1 aliphatic heterocycles. The van der Waals surface area contributed by atoms with E-state index in [-0.39, 0.29) is 5.97 Å². The van der Waals surface area contributed by atoms with E-state index in [4.69, 9.17) is 14.5 Å². The molecule has 1 aliphatic rings. The maximum Gasteiger partial charge on any atom is 0.338 e. The molecule has 1 N–H and O–H groups in total. The number of hydrogen-bond acceptors (Lipinski definition) is 6. The standard InChI is InChI=1S/C18H22N2O3S/c1-5-11-24-18-19-12(3)15(17(21)23-6-2)16(20-18)13-7-9-14(22-4)10-8-13/h5,7-10,16H,1,6,11H2,2-4H3,(H,19,20)/t16-/m0/s1. The number of carbonyl (C=O) groups is 1.